The normalized spacial score (nSPS) is 17.7. The lowest BCUT2D eigenvalue weighted by Crippen LogP contribution is -2.08. The second kappa shape index (κ2) is 3.17. The molecular weight excluding hydrogens is 256 g/mol. The molecule has 1 aromatic heterocycles. The third-order valence-corrected chi connectivity index (χ3v) is 3.21. The Balaban J connectivity index is 2.05. The Kier molecular flexibility index (Phi) is 1.92. The van der Waals surface area contributed by atoms with E-state index in [0.717, 1.165) is 18.7 Å². The summed E-state index contributed by atoms with van der Waals surface area (Å²) in [7, 11) is 0. The van der Waals surface area contributed by atoms with Crippen molar-refractivity contribution >= 4 is 15.9 Å². The Morgan fingerprint density at radius 1 is 1.20 bits per heavy atom. The van der Waals surface area contributed by atoms with Gasteiger partial charge in [0, 0.05) is 0 Å². The second-order valence-electron chi connectivity index (χ2n) is 3.82. The summed E-state index contributed by atoms with van der Waals surface area (Å²) >= 11 is 3.21. The molecule has 0 amide bonds. The molecule has 1 aromatic carbocycles. The molecule has 15 heavy (non-hydrogen) atoms. The molecule has 0 radical (unpaired) electrons. The molecule has 1 aliphatic carbocycles. The Bertz CT molecular complexity index is 476. The van der Waals surface area contributed by atoms with E-state index in [1.54, 1.807) is 0 Å². The SMILES string of the molecule is Brc1noc(C2(c3ccccc3)CC2)n1. The van der Waals surface area contributed by atoms with E-state index < -0.39 is 0 Å². The first-order valence-corrected chi connectivity index (χ1v) is 5.66. The molecule has 1 aliphatic rings. The predicted molar refractivity (Wildman–Crippen MR) is 58.5 cm³/mol. The Labute approximate surface area is 95.6 Å². The smallest absolute Gasteiger partial charge is 0.238 e. The van der Waals surface area contributed by atoms with Crippen LogP contribution >= 0.6 is 15.9 Å². The van der Waals surface area contributed by atoms with E-state index in [2.05, 4.69) is 38.2 Å². The summed E-state index contributed by atoms with van der Waals surface area (Å²) in [6.07, 6.45) is 2.18. The topological polar surface area (TPSA) is 38.9 Å². The Hall–Kier alpha value is -1.16. The summed E-state index contributed by atoms with van der Waals surface area (Å²) in [4.78, 5) is 4.26. The average molecular weight is 265 g/mol. The second-order valence-corrected chi connectivity index (χ2v) is 4.53. The van der Waals surface area contributed by atoms with Crippen molar-refractivity contribution < 1.29 is 4.52 Å². The standard InChI is InChI=1S/C11H9BrN2O/c12-10-13-9(15-14-10)11(6-7-11)8-4-2-1-3-5-8/h1-5H,6-7H2. The number of hydrogen-bond donors (Lipinski definition) is 0. The first kappa shape index (κ1) is 9.09. The summed E-state index contributed by atoms with van der Waals surface area (Å²) in [5.74, 6) is 0.723. The minimum absolute atomic E-state index is 0.0136. The molecule has 0 bridgehead atoms. The van der Waals surface area contributed by atoms with Gasteiger partial charge in [-0.25, -0.2) is 0 Å². The van der Waals surface area contributed by atoms with Gasteiger partial charge in [0.05, 0.1) is 5.41 Å². The maximum Gasteiger partial charge on any atom is 0.238 e. The molecule has 1 saturated carbocycles. The first-order valence-electron chi connectivity index (χ1n) is 4.86. The van der Waals surface area contributed by atoms with Gasteiger partial charge in [0.1, 0.15) is 0 Å². The molecule has 0 N–H and O–H groups in total. The molecular formula is C11H9BrN2O. The molecule has 0 aliphatic heterocycles. The molecule has 0 unspecified atom stereocenters. The van der Waals surface area contributed by atoms with Gasteiger partial charge >= 0.3 is 0 Å². The van der Waals surface area contributed by atoms with Crippen LogP contribution in [0.2, 0.25) is 0 Å². The number of benzene rings is 1. The summed E-state index contributed by atoms with van der Waals surface area (Å²) in [6.45, 7) is 0. The zero-order valence-electron chi connectivity index (χ0n) is 7.98. The van der Waals surface area contributed by atoms with Crippen molar-refractivity contribution in [1.82, 2.24) is 10.1 Å². The van der Waals surface area contributed by atoms with Gasteiger partial charge in [0.25, 0.3) is 0 Å². The van der Waals surface area contributed by atoms with Crippen molar-refractivity contribution in [3.05, 3.63) is 46.5 Å². The van der Waals surface area contributed by atoms with Crippen LogP contribution in [0.4, 0.5) is 0 Å². The van der Waals surface area contributed by atoms with Gasteiger partial charge in [-0.3, -0.25) is 0 Å². The Morgan fingerprint density at radius 3 is 2.47 bits per heavy atom. The largest absolute Gasteiger partial charge is 0.337 e. The lowest BCUT2D eigenvalue weighted by atomic mass is 9.96. The van der Waals surface area contributed by atoms with Gasteiger partial charge in [-0.2, -0.15) is 4.98 Å². The minimum Gasteiger partial charge on any atom is -0.337 e. The average Bonchev–Trinajstić information content (AvgIpc) is 2.98. The van der Waals surface area contributed by atoms with E-state index in [-0.39, 0.29) is 5.41 Å². The third-order valence-electron chi connectivity index (χ3n) is 2.89. The predicted octanol–water partition coefficient (Wildman–Crippen LogP) is 2.91. The van der Waals surface area contributed by atoms with Gasteiger partial charge in [-0.15, -0.1) is 0 Å². The van der Waals surface area contributed by atoms with Crippen molar-refractivity contribution in [3.63, 3.8) is 0 Å². The lowest BCUT2D eigenvalue weighted by Gasteiger charge is -2.09. The summed E-state index contributed by atoms with van der Waals surface area (Å²) in [6, 6.07) is 10.3. The fourth-order valence-corrected chi connectivity index (χ4v) is 2.14. The summed E-state index contributed by atoms with van der Waals surface area (Å²) < 4.78 is 5.77. The van der Waals surface area contributed by atoms with Crippen molar-refractivity contribution in [1.29, 1.82) is 0 Å². The highest BCUT2D eigenvalue weighted by Gasteiger charge is 2.50. The molecule has 0 atom stereocenters. The zero-order valence-corrected chi connectivity index (χ0v) is 9.57. The van der Waals surface area contributed by atoms with Crippen LogP contribution in [0.5, 0.6) is 0 Å². The fraction of sp³-hybridized carbons (Fsp3) is 0.273. The van der Waals surface area contributed by atoms with Crippen LogP contribution in [-0.4, -0.2) is 10.1 Å². The van der Waals surface area contributed by atoms with Crippen molar-refractivity contribution in [2.24, 2.45) is 0 Å². The van der Waals surface area contributed by atoms with E-state index in [4.69, 9.17) is 4.52 Å². The van der Waals surface area contributed by atoms with Gasteiger partial charge in [-0.1, -0.05) is 30.3 Å². The number of hydrogen-bond acceptors (Lipinski definition) is 3. The van der Waals surface area contributed by atoms with E-state index in [9.17, 15) is 0 Å². The van der Waals surface area contributed by atoms with Crippen LogP contribution in [0.3, 0.4) is 0 Å². The van der Waals surface area contributed by atoms with Gasteiger partial charge in [-0.05, 0) is 39.5 Å². The number of aromatic nitrogens is 2. The molecule has 3 nitrogen and oxygen atoms in total. The first-order chi connectivity index (χ1) is 7.31. The van der Waals surface area contributed by atoms with Crippen molar-refractivity contribution in [2.75, 3.05) is 0 Å². The molecule has 0 saturated heterocycles. The highest BCUT2D eigenvalue weighted by atomic mass is 79.9. The molecule has 0 spiro atoms. The molecule has 2 aromatic rings. The van der Waals surface area contributed by atoms with Crippen molar-refractivity contribution in [3.8, 4) is 0 Å². The number of nitrogens with zero attached hydrogens (tertiary/aromatic N) is 2. The summed E-state index contributed by atoms with van der Waals surface area (Å²) in [5, 5.41) is 3.78. The monoisotopic (exact) mass is 264 g/mol. The van der Waals surface area contributed by atoms with Gasteiger partial charge < -0.3 is 4.52 Å². The van der Waals surface area contributed by atoms with Crippen LogP contribution in [0, 0.1) is 0 Å². The fourth-order valence-electron chi connectivity index (χ4n) is 1.91. The highest BCUT2D eigenvalue weighted by Crippen LogP contribution is 2.52. The zero-order chi connectivity index (χ0) is 10.3. The minimum atomic E-state index is -0.0136. The maximum absolute atomic E-state index is 5.24. The lowest BCUT2D eigenvalue weighted by molar-refractivity contribution is 0.357. The highest BCUT2D eigenvalue weighted by molar-refractivity contribution is 9.10. The molecule has 4 heteroatoms. The third kappa shape index (κ3) is 1.40. The van der Waals surface area contributed by atoms with Crippen LogP contribution in [-0.2, 0) is 5.41 Å². The van der Waals surface area contributed by atoms with Gasteiger partial charge in [0.15, 0.2) is 0 Å². The molecule has 3 rings (SSSR count). The van der Waals surface area contributed by atoms with E-state index in [0.29, 0.717) is 4.73 Å². The van der Waals surface area contributed by atoms with E-state index in [1.807, 2.05) is 18.2 Å². The van der Waals surface area contributed by atoms with Gasteiger partial charge in [0.2, 0.25) is 10.6 Å². The van der Waals surface area contributed by atoms with Crippen LogP contribution in [0.15, 0.2) is 39.6 Å². The van der Waals surface area contributed by atoms with Crippen molar-refractivity contribution in [2.45, 2.75) is 18.3 Å². The number of rotatable bonds is 2. The maximum atomic E-state index is 5.24. The molecule has 76 valence electrons. The summed E-state index contributed by atoms with van der Waals surface area (Å²) in [5.41, 5.74) is 1.25. The van der Waals surface area contributed by atoms with Crippen LogP contribution in [0.1, 0.15) is 24.3 Å². The van der Waals surface area contributed by atoms with Crippen LogP contribution in [0.25, 0.3) is 0 Å². The molecule has 1 fully saturated rings. The number of halogens is 1. The quantitative estimate of drug-likeness (QED) is 0.838. The van der Waals surface area contributed by atoms with E-state index >= 15 is 0 Å². The van der Waals surface area contributed by atoms with E-state index in [1.165, 1.54) is 5.56 Å². The Morgan fingerprint density at radius 2 is 1.93 bits per heavy atom. The van der Waals surface area contributed by atoms with Crippen LogP contribution < -0.4 is 0 Å². The molecule has 1 heterocycles.